The molecular formula is C18H21NO6S. The van der Waals surface area contributed by atoms with Gasteiger partial charge in [-0.1, -0.05) is 30.3 Å². The molecule has 2 fully saturated rings. The van der Waals surface area contributed by atoms with Crippen molar-refractivity contribution in [3.8, 4) is 0 Å². The van der Waals surface area contributed by atoms with E-state index in [0.29, 0.717) is 19.3 Å². The maximum atomic E-state index is 12.4. The highest BCUT2D eigenvalue weighted by Gasteiger charge is 2.35. The molecule has 1 atom stereocenters. The van der Waals surface area contributed by atoms with Gasteiger partial charge in [0.15, 0.2) is 0 Å². The first-order valence-electron chi connectivity index (χ1n) is 8.56. The Morgan fingerprint density at radius 3 is 2.46 bits per heavy atom. The van der Waals surface area contributed by atoms with Gasteiger partial charge in [0.2, 0.25) is 16.1 Å². The summed E-state index contributed by atoms with van der Waals surface area (Å²) in [5, 5.41) is 1.19. The lowest BCUT2D eigenvalue weighted by atomic mass is 9.98. The third-order valence-electron chi connectivity index (χ3n) is 4.52. The zero-order valence-corrected chi connectivity index (χ0v) is 15.1. The van der Waals surface area contributed by atoms with Gasteiger partial charge in [-0.3, -0.25) is 4.79 Å². The van der Waals surface area contributed by atoms with Gasteiger partial charge in [-0.2, -0.15) is 4.31 Å². The van der Waals surface area contributed by atoms with Crippen LogP contribution in [0.4, 0.5) is 0 Å². The second-order valence-electron chi connectivity index (χ2n) is 6.31. The van der Waals surface area contributed by atoms with Crippen molar-refractivity contribution in [1.82, 2.24) is 4.31 Å². The van der Waals surface area contributed by atoms with Crippen molar-refractivity contribution in [2.75, 3.05) is 19.7 Å². The van der Waals surface area contributed by atoms with Crippen LogP contribution in [0, 0.1) is 5.92 Å². The number of ether oxygens (including phenoxy) is 2. The van der Waals surface area contributed by atoms with Gasteiger partial charge in [0.1, 0.15) is 0 Å². The predicted molar refractivity (Wildman–Crippen MR) is 94.1 cm³/mol. The summed E-state index contributed by atoms with van der Waals surface area (Å²) in [6, 6.07) is 9.18. The number of rotatable bonds is 5. The number of carbonyl (C=O) groups excluding carboxylic acids is 2. The fraction of sp³-hybridized carbons (Fsp3) is 0.444. The molecule has 3 rings (SSSR count). The molecule has 0 unspecified atom stereocenters. The SMILES string of the molecule is O=C(O[C@H]1CCOC1=O)C1CCN(S(=O)(=O)/C=C/c2ccccc2)CC1. The van der Waals surface area contributed by atoms with E-state index in [1.807, 2.05) is 30.3 Å². The van der Waals surface area contributed by atoms with E-state index in [4.69, 9.17) is 9.47 Å². The average molecular weight is 379 g/mol. The van der Waals surface area contributed by atoms with Crippen molar-refractivity contribution in [2.45, 2.75) is 25.4 Å². The number of sulfonamides is 1. The van der Waals surface area contributed by atoms with Crippen LogP contribution in [0.5, 0.6) is 0 Å². The summed E-state index contributed by atoms with van der Waals surface area (Å²) in [5.74, 6) is -1.36. The third-order valence-corrected chi connectivity index (χ3v) is 6.09. The number of carbonyl (C=O) groups is 2. The number of benzene rings is 1. The van der Waals surface area contributed by atoms with Crippen LogP contribution in [-0.2, 0) is 29.1 Å². The van der Waals surface area contributed by atoms with E-state index in [0.717, 1.165) is 5.56 Å². The van der Waals surface area contributed by atoms with E-state index in [2.05, 4.69) is 0 Å². The summed E-state index contributed by atoms with van der Waals surface area (Å²) >= 11 is 0. The molecule has 0 aromatic heterocycles. The number of piperidine rings is 1. The molecule has 8 heteroatoms. The minimum absolute atomic E-state index is 0.246. The molecule has 0 aliphatic carbocycles. The van der Waals surface area contributed by atoms with E-state index >= 15 is 0 Å². The Bertz CT molecular complexity index is 781. The normalized spacial score (nSPS) is 22.5. The number of hydrogen-bond donors (Lipinski definition) is 0. The Labute approximate surface area is 152 Å². The monoisotopic (exact) mass is 379 g/mol. The first-order chi connectivity index (χ1) is 12.5. The summed E-state index contributed by atoms with van der Waals surface area (Å²) in [7, 11) is -3.54. The van der Waals surface area contributed by atoms with Crippen molar-refractivity contribution in [1.29, 1.82) is 0 Å². The second-order valence-corrected chi connectivity index (χ2v) is 8.13. The number of cyclic esters (lactones) is 1. The molecule has 2 aliphatic rings. The minimum atomic E-state index is -3.54. The Morgan fingerprint density at radius 1 is 1.15 bits per heavy atom. The van der Waals surface area contributed by atoms with Crippen LogP contribution in [0.2, 0.25) is 0 Å². The summed E-state index contributed by atoms with van der Waals surface area (Å²) in [5.41, 5.74) is 0.804. The van der Waals surface area contributed by atoms with Gasteiger partial charge >= 0.3 is 11.9 Å². The van der Waals surface area contributed by atoms with Crippen LogP contribution >= 0.6 is 0 Å². The molecule has 7 nitrogen and oxygen atoms in total. The van der Waals surface area contributed by atoms with Crippen molar-refractivity contribution >= 4 is 28.0 Å². The predicted octanol–water partition coefficient (Wildman–Crippen LogP) is 1.56. The fourth-order valence-corrected chi connectivity index (χ4v) is 4.20. The van der Waals surface area contributed by atoms with Gasteiger partial charge < -0.3 is 9.47 Å². The lowest BCUT2D eigenvalue weighted by Gasteiger charge is -2.29. The molecule has 2 aliphatic heterocycles. The van der Waals surface area contributed by atoms with E-state index < -0.39 is 34.0 Å². The summed E-state index contributed by atoms with van der Waals surface area (Å²) < 4.78 is 36.2. The second kappa shape index (κ2) is 8.01. The van der Waals surface area contributed by atoms with E-state index in [-0.39, 0.29) is 19.7 Å². The topological polar surface area (TPSA) is 90.0 Å². The molecule has 2 heterocycles. The third kappa shape index (κ3) is 4.50. The van der Waals surface area contributed by atoms with Crippen LogP contribution in [0.15, 0.2) is 35.7 Å². The summed E-state index contributed by atoms with van der Waals surface area (Å²) in [6.45, 7) is 0.758. The molecule has 0 spiro atoms. The lowest BCUT2D eigenvalue weighted by Crippen LogP contribution is -2.40. The molecule has 0 radical (unpaired) electrons. The highest BCUT2D eigenvalue weighted by Crippen LogP contribution is 2.23. The highest BCUT2D eigenvalue weighted by atomic mass is 32.2. The maximum absolute atomic E-state index is 12.4. The molecule has 0 saturated carbocycles. The Balaban J connectivity index is 1.53. The van der Waals surface area contributed by atoms with Crippen molar-refractivity contribution in [2.24, 2.45) is 5.92 Å². The average Bonchev–Trinajstić information content (AvgIpc) is 3.06. The molecular weight excluding hydrogens is 358 g/mol. The minimum Gasteiger partial charge on any atom is -0.463 e. The van der Waals surface area contributed by atoms with Crippen LogP contribution in [0.1, 0.15) is 24.8 Å². The first kappa shape index (κ1) is 18.6. The Hall–Kier alpha value is -2.19. The molecule has 0 bridgehead atoms. The fourth-order valence-electron chi connectivity index (χ4n) is 2.98. The van der Waals surface area contributed by atoms with E-state index in [1.165, 1.54) is 9.71 Å². The number of esters is 2. The molecule has 0 N–H and O–H groups in total. The maximum Gasteiger partial charge on any atom is 0.347 e. The molecule has 26 heavy (non-hydrogen) atoms. The first-order valence-corrected chi connectivity index (χ1v) is 10.1. The standard InChI is InChI=1S/C18H21NO6S/c20-17(25-16-8-12-24-18(16)21)15-6-10-19(11-7-15)26(22,23)13-9-14-4-2-1-3-5-14/h1-5,9,13,15-16H,6-8,10-12H2/b13-9+/t16-/m0/s1. The highest BCUT2D eigenvalue weighted by molar-refractivity contribution is 7.92. The summed E-state index contributed by atoms with van der Waals surface area (Å²) in [4.78, 5) is 23.5. The number of hydrogen-bond acceptors (Lipinski definition) is 6. The quantitative estimate of drug-likeness (QED) is 0.721. The lowest BCUT2D eigenvalue weighted by molar-refractivity contribution is -0.164. The van der Waals surface area contributed by atoms with Crippen LogP contribution in [0.3, 0.4) is 0 Å². The van der Waals surface area contributed by atoms with Gasteiger partial charge in [-0.15, -0.1) is 0 Å². The van der Waals surface area contributed by atoms with Crippen molar-refractivity contribution in [3.63, 3.8) is 0 Å². The van der Waals surface area contributed by atoms with Gasteiger partial charge in [0.25, 0.3) is 0 Å². The Morgan fingerprint density at radius 2 is 1.85 bits per heavy atom. The van der Waals surface area contributed by atoms with Crippen LogP contribution in [0.25, 0.3) is 6.08 Å². The van der Waals surface area contributed by atoms with Gasteiger partial charge in [-0.25, -0.2) is 13.2 Å². The molecule has 1 aromatic carbocycles. The molecule has 0 amide bonds. The largest absolute Gasteiger partial charge is 0.463 e. The number of nitrogens with zero attached hydrogens (tertiary/aromatic N) is 1. The molecule has 140 valence electrons. The zero-order chi connectivity index (χ0) is 18.6. The van der Waals surface area contributed by atoms with E-state index in [1.54, 1.807) is 6.08 Å². The van der Waals surface area contributed by atoms with Gasteiger partial charge in [0, 0.05) is 24.9 Å². The molecule has 2 saturated heterocycles. The summed E-state index contributed by atoms with van der Waals surface area (Å²) in [6.07, 6.45) is 1.86. The van der Waals surface area contributed by atoms with Gasteiger partial charge in [0.05, 0.1) is 12.5 Å². The smallest absolute Gasteiger partial charge is 0.347 e. The van der Waals surface area contributed by atoms with Crippen molar-refractivity contribution < 1.29 is 27.5 Å². The van der Waals surface area contributed by atoms with Crippen LogP contribution < -0.4 is 0 Å². The zero-order valence-electron chi connectivity index (χ0n) is 14.2. The van der Waals surface area contributed by atoms with Gasteiger partial charge in [-0.05, 0) is 24.5 Å². The molecule has 1 aromatic rings. The van der Waals surface area contributed by atoms with Crippen molar-refractivity contribution in [3.05, 3.63) is 41.3 Å². The Kier molecular flexibility index (Phi) is 5.73. The van der Waals surface area contributed by atoms with E-state index in [9.17, 15) is 18.0 Å². The van der Waals surface area contributed by atoms with Crippen LogP contribution in [-0.4, -0.2) is 50.5 Å².